The number of hydrogen-bond donors (Lipinski definition) is 1. The summed E-state index contributed by atoms with van der Waals surface area (Å²) in [5, 5.41) is 4.51. The fraction of sp³-hybridized carbons (Fsp3) is 0.188. The third-order valence-electron chi connectivity index (χ3n) is 3.28. The minimum atomic E-state index is 0.815. The summed E-state index contributed by atoms with van der Waals surface area (Å²) < 4.78 is 0. The van der Waals surface area contributed by atoms with E-state index in [2.05, 4.69) is 44.5 Å². The summed E-state index contributed by atoms with van der Waals surface area (Å²) in [6.07, 6.45) is 6.15. The van der Waals surface area contributed by atoms with Gasteiger partial charge < -0.3 is 5.32 Å². The lowest BCUT2D eigenvalue weighted by Crippen LogP contribution is -2.08. The van der Waals surface area contributed by atoms with Crippen LogP contribution in [0.25, 0.3) is 10.9 Å². The molecule has 20 heavy (non-hydrogen) atoms. The second-order valence-electron chi connectivity index (χ2n) is 4.66. The number of aryl methyl sites for hydroxylation is 1. The van der Waals surface area contributed by atoms with Crippen LogP contribution in [0.15, 0.2) is 48.9 Å². The quantitative estimate of drug-likeness (QED) is 0.787. The van der Waals surface area contributed by atoms with Gasteiger partial charge in [0.05, 0.1) is 11.2 Å². The minimum Gasteiger partial charge on any atom is -0.368 e. The Morgan fingerprint density at radius 3 is 2.70 bits per heavy atom. The van der Waals surface area contributed by atoms with E-state index in [9.17, 15) is 0 Å². The van der Waals surface area contributed by atoms with Gasteiger partial charge in [-0.15, -0.1) is 0 Å². The smallest absolute Gasteiger partial charge is 0.147 e. The van der Waals surface area contributed by atoms with Crippen molar-refractivity contribution in [1.29, 1.82) is 0 Å². The number of nitrogens with zero attached hydrogens (tertiary/aromatic N) is 3. The Bertz CT molecular complexity index is 719. The monoisotopic (exact) mass is 264 g/mol. The number of anilines is 1. The van der Waals surface area contributed by atoms with E-state index in [0.717, 1.165) is 30.0 Å². The molecule has 2 aromatic heterocycles. The van der Waals surface area contributed by atoms with Crippen LogP contribution in [0.3, 0.4) is 0 Å². The van der Waals surface area contributed by atoms with E-state index in [4.69, 9.17) is 0 Å². The van der Waals surface area contributed by atoms with Crippen LogP contribution in [0.4, 0.5) is 5.82 Å². The van der Waals surface area contributed by atoms with Gasteiger partial charge in [0, 0.05) is 30.5 Å². The number of hydrogen-bond acceptors (Lipinski definition) is 4. The number of nitrogens with one attached hydrogen (secondary N) is 1. The lowest BCUT2D eigenvalue weighted by Gasteiger charge is -2.08. The molecule has 3 rings (SSSR count). The van der Waals surface area contributed by atoms with Crippen molar-refractivity contribution >= 4 is 16.7 Å². The van der Waals surface area contributed by atoms with Gasteiger partial charge in [0.15, 0.2) is 0 Å². The standard InChI is InChI=1S/C16H16N4/c1-12-16(20-11-10-17-12)19-9-7-14-5-2-4-13-6-3-8-18-15(13)14/h2-6,8,10-11H,7,9H2,1H3,(H,19,20). The minimum absolute atomic E-state index is 0.815. The number of para-hydroxylation sites is 1. The molecule has 0 bridgehead atoms. The summed E-state index contributed by atoms with van der Waals surface area (Å²) in [6, 6.07) is 10.3. The van der Waals surface area contributed by atoms with Gasteiger partial charge in [-0.05, 0) is 25.0 Å². The highest BCUT2D eigenvalue weighted by atomic mass is 15.0. The number of rotatable bonds is 4. The fourth-order valence-electron chi connectivity index (χ4n) is 2.27. The molecule has 0 aliphatic carbocycles. The summed E-state index contributed by atoms with van der Waals surface area (Å²) >= 11 is 0. The Morgan fingerprint density at radius 2 is 1.80 bits per heavy atom. The van der Waals surface area contributed by atoms with Gasteiger partial charge in [0.1, 0.15) is 5.82 Å². The molecule has 0 saturated carbocycles. The van der Waals surface area contributed by atoms with Crippen molar-refractivity contribution in [2.45, 2.75) is 13.3 Å². The molecule has 0 radical (unpaired) electrons. The Kier molecular flexibility index (Phi) is 3.54. The zero-order chi connectivity index (χ0) is 13.8. The van der Waals surface area contributed by atoms with Crippen LogP contribution < -0.4 is 5.32 Å². The molecule has 0 aliphatic rings. The second-order valence-corrected chi connectivity index (χ2v) is 4.66. The van der Waals surface area contributed by atoms with E-state index in [1.54, 1.807) is 12.4 Å². The van der Waals surface area contributed by atoms with Gasteiger partial charge in [0.2, 0.25) is 0 Å². The molecule has 0 saturated heterocycles. The van der Waals surface area contributed by atoms with Crippen LogP contribution in [0.1, 0.15) is 11.3 Å². The number of benzene rings is 1. The van der Waals surface area contributed by atoms with Crippen LogP contribution in [-0.2, 0) is 6.42 Å². The van der Waals surface area contributed by atoms with E-state index in [-0.39, 0.29) is 0 Å². The van der Waals surface area contributed by atoms with Crippen LogP contribution in [-0.4, -0.2) is 21.5 Å². The average molecular weight is 264 g/mol. The van der Waals surface area contributed by atoms with Crippen LogP contribution in [0.2, 0.25) is 0 Å². The molecule has 0 amide bonds. The van der Waals surface area contributed by atoms with Gasteiger partial charge in [-0.2, -0.15) is 0 Å². The van der Waals surface area contributed by atoms with Crippen molar-refractivity contribution in [3.8, 4) is 0 Å². The first-order chi connectivity index (χ1) is 9.84. The first-order valence-corrected chi connectivity index (χ1v) is 6.69. The molecule has 0 atom stereocenters. The highest BCUT2D eigenvalue weighted by Crippen LogP contribution is 2.16. The maximum atomic E-state index is 4.47. The Balaban J connectivity index is 1.73. The lowest BCUT2D eigenvalue weighted by atomic mass is 10.1. The SMILES string of the molecule is Cc1nccnc1NCCc1cccc2cccnc12. The predicted octanol–water partition coefficient (Wildman–Crippen LogP) is 2.99. The molecule has 2 heterocycles. The predicted molar refractivity (Wildman–Crippen MR) is 80.7 cm³/mol. The van der Waals surface area contributed by atoms with Crippen molar-refractivity contribution < 1.29 is 0 Å². The topological polar surface area (TPSA) is 50.7 Å². The third kappa shape index (κ3) is 2.59. The molecule has 0 spiro atoms. The van der Waals surface area contributed by atoms with E-state index < -0.39 is 0 Å². The molecule has 0 aliphatic heterocycles. The van der Waals surface area contributed by atoms with E-state index in [0.29, 0.717) is 0 Å². The lowest BCUT2D eigenvalue weighted by molar-refractivity contribution is 0.991. The van der Waals surface area contributed by atoms with E-state index >= 15 is 0 Å². The zero-order valence-electron chi connectivity index (χ0n) is 11.4. The van der Waals surface area contributed by atoms with Crippen molar-refractivity contribution in [2.24, 2.45) is 0 Å². The van der Waals surface area contributed by atoms with Crippen molar-refractivity contribution in [3.05, 3.63) is 60.2 Å². The van der Waals surface area contributed by atoms with Gasteiger partial charge in [-0.1, -0.05) is 24.3 Å². The average Bonchev–Trinajstić information content (AvgIpc) is 2.49. The van der Waals surface area contributed by atoms with Crippen molar-refractivity contribution in [2.75, 3.05) is 11.9 Å². The summed E-state index contributed by atoms with van der Waals surface area (Å²) in [7, 11) is 0. The molecule has 100 valence electrons. The number of fused-ring (bicyclic) bond motifs is 1. The van der Waals surface area contributed by atoms with Gasteiger partial charge >= 0.3 is 0 Å². The van der Waals surface area contributed by atoms with Crippen molar-refractivity contribution in [3.63, 3.8) is 0 Å². The van der Waals surface area contributed by atoms with Gasteiger partial charge in [-0.3, -0.25) is 9.97 Å². The summed E-state index contributed by atoms with van der Waals surface area (Å²) in [4.78, 5) is 13.0. The van der Waals surface area contributed by atoms with Crippen LogP contribution >= 0.6 is 0 Å². The molecule has 1 aromatic carbocycles. The van der Waals surface area contributed by atoms with Crippen molar-refractivity contribution in [1.82, 2.24) is 15.0 Å². The Hall–Kier alpha value is -2.49. The molecule has 0 fully saturated rings. The van der Waals surface area contributed by atoms with Gasteiger partial charge in [0.25, 0.3) is 0 Å². The number of pyridine rings is 1. The molecule has 4 nitrogen and oxygen atoms in total. The maximum Gasteiger partial charge on any atom is 0.147 e. The zero-order valence-corrected chi connectivity index (χ0v) is 11.4. The summed E-state index contributed by atoms with van der Waals surface area (Å²) in [5.74, 6) is 0.848. The second kappa shape index (κ2) is 5.65. The highest BCUT2D eigenvalue weighted by molar-refractivity contribution is 5.81. The number of aromatic nitrogens is 3. The fourth-order valence-corrected chi connectivity index (χ4v) is 2.27. The third-order valence-corrected chi connectivity index (χ3v) is 3.28. The molecular formula is C16H16N4. The Morgan fingerprint density at radius 1 is 0.950 bits per heavy atom. The highest BCUT2D eigenvalue weighted by Gasteiger charge is 2.03. The molecular weight excluding hydrogens is 248 g/mol. The molecule has 3 aromatic rings. The van der Waals surface area contributed by atoms with Crippen LogP contribution in [0.5, 0.6) is 0 Å². The Labute approximate surface area is 117 Å². The first-order valence-electron chi connectivity index (χ1n) is 6.69. The molecule has 4 heteroatoms. The molecule has 0 unspecified atom stereocenters. The van der Waals surface area contributed by atoms with Gasteiger partial charge in [-0.25, -0.2) is 4.98 Å². The normalized spacial score (nSPS) is 10.7. The summed E-state index contributed by atoms with van der Waals surface area (Å²) in [6.45, 7) is 2.77. The van der Waals surface area contributed by atoms with E-state index in [1.165, 1.54) is 10.9 Å². The van der Waals surface area contributed by atoms with Crippen LogP contribution in [0, 0.1) is 6.92 Å². The maximum absolute atomic E-state index is 4.47. The first kappa shape index (κ1) is 12.5. The molecule has 1 N–H and O–H groups in total. The van der Waals surface area contributed by atoms with E-state index in [1.807, 2.05) is 19.2 Å². The largest absolute Gasteiger partial charge is 0.368 e. The summed E-state index contributed by atoms with van der Waals surface area (Å²) in [5.41, 5.74) is 3.24.